The van der Waals surface area contributed by atoms with Crippen molar-refractivity contribution in [1.29, 1.82) is 0 Å². The van der Waals surface area contributed by atoms with Crippen LogP contribution in [0.2, 0.25) is 0 Å². The van der Waals surface area contributed by atoms with Gasteiger partial charge in [-0.25, -0.2) is 4.79 Å². The van der Waals surface area contributed by atoms with Gasteiger partial charge in [-0.1, -0.05) is 52.2 Å². The van der Waals surface area contributed by atoms with E-state index in [0.717, 1.165) is 31.2 Å². The average molecular weight is 530 g/mol. The molecule has 4 N–H and O–H groups in total. The summed E-state index contributed by atoms with van der Waals surface area (Å²) in [5.74, 6) is -1.80. The molecule has 11 heteroatoms. The van der Waals surface area contributed by atoms with Crippen molar-refractivity contribution in [1.82, 2.24) is 9.55 Å². The first-order chi connectivity index (χ1) is 18.2. The summed E-state index contributed by atoms with van der Waals surface area (Å²) in [5, 5.41) is 2.67. The van der Waals surface area contributed by atoms with Gasteiger partial charge in [-0.15, -0.1) is 0 Å². The Morgan fingerprint density at radius 3 is 2.47 bits per heavy atom. The minimum absolute atomic E-state index is 0.0801. The number of nitrogen functional groups attached to an aromatic ring is 1. The number of amides is 2. The molecule has 0 aliphatic carbocycles. The second-order valence-electron chi connectivity index (χ2n) is 9.01. The lowest BCUT2D eigenvalue weighted by molar-refractivity contribution is -0.148. The van der Waals surface area contributed by atoms with Crippen molar-refractivity contribution in [3.63, 3.8) is 0 Å². The molecule has 11 nitrogen and oxygen atoms in total. The van der Waals surface area contributed by atoms with Crippen LogP contribution in [0.4, 0.5) is 17.2 Å². The van der Waals surface area contributed by atoms with Crippen molar-refractivity contribution in [3.8, 4) is 0 Å². The maximum Gasteiger partial charge on any atom is 0.330 e. The smallest absolute Gasteiger partial charge is 0.330 e. The predicted molar refractivity (Wildman–Crippen MR) is 147 cm³/mol. The Labute approximate surface area is 222 Å². The first-order valence-electron chi connectivity index (χ1n) is 13.2. The third-order valence-electron chi connectivity index (χ3n) is 6.03. The van der Waals surface area contributed by atoms with Gasteiger partial charge in [0.05, 0.1) is 6.42 Å². The Hall–Kier alpha value is -3.89. The number of unbranched alkanes of at least 4 members (excludes halogenated alkanes) is 3. The number of H-pyrrole nitrogens is 1. The number of benzene rings is 1. The van der Waals surface area contributed by atoms with Gasteiger partial charge >= 0.3 is 11.7 Å². The maximum atomic E-state index is 13.1. The van der Waals surface area contributed by atoms with Crippen molar-refractivity contribution < 1.29 is 19.1 Å². The largest absolute Gasteiger partial charge is 0.456 e. The Balaban J connectivity index is 2.05. The lowest BCUT2D eigenvalue weighted by Gasteiger charge is -2.24. The molecule has 0 aliphatic rings. The number of rotatable bonds is 15. The Bertz CT molecular complexity index is 1220. The number of nitrogens with one attached hydrogen (secondary N) is 2. The topological polar surface area (TPSA) is 157 Å². The van der Waals surface area contributed by atoms with E-state index >= 15 is 0 Å². The number of aromatic nitrogens is 2. The zero-order valence-corrected chi connectivity index (χ0v) is 22.5. The summed E-state index contributed by atoms with van der Waals surface area (Å²) in [6, 6.07) is 7.35. The molecule has 2 amide bonds. The maximum absolute atomic E-state index is 13.1. The SMILES string of the molecule is CCCCCN(C(=O)CCC(=O)OCC(=O)Nc1cccc(CC)c1)c1c(N)n(CCCC)c(=O)[nH]c1=O. The standard InChI is InChI=1S/C27H39N5O6/c1-4-7-9-16-31(24-25(28)32(15-8-5-2)27(37)30-26(24)36)22(34)13-14-23(35)38-18-21(33)29-20-12-10-11-19(6-3)17-20/h10-12,17H,4-9,13-16,18,28H2,1-3H3,(H,29,33)(H,30,36,37). The van der Waals surface area contributed by atoms with Crippen LogP contribution in [0.5, 0.6) is 0 Å². The van der Waals surface area contributed by atoms with Gasteiger partial charge in [0.15, 0.2) is 12.3 Å². The Kier molecular flexibility index (Phi) is 12.3. The Morgan fingerprint density at radius 2 is 1.79 bits per heavy atom. The molecule has 0 atom stereocenters. The monoisotopic (exact) mass is 529 g/mol. The fourth-order valence-corrected chi connectivity index (χ4v) is 3.89. The van der Waals surface area contributed by atoms with Gasteiger partial charge in [0.25, 0.3) is 11.5 Å². The molecule has 208 valence electrons. The van der Waals surface area contributed by atoms with Crippen LogP contribution >= 0.6 is 0 Å². The van der Waals surface area contributed by atoms with Crippen LogP contribution in [-0.2, 0) is 32.1 Å². The van der Waals surface area contributed by atoms with Gasteiger partial charge in [-0.05, 0) is 37.0 Å². The summed E-state index contributed by atoms with van der Waals surface area (Å²) in [5.41, 5.74) is 6.38. The number of carbonyl (C=O) groups excluding carboxylic acids is 3. The van der Waals surface area contributed by atoms with Crippen molar-refractivity contribution >= 4 is 35.0 Å². The number of anilines is 3. The van der Waals surface area contributed by atoms with Gasteiger partial charge in [-0.2, -0.15) is 0 Å². The molecule has 0 saturated heterocycles. The van der Waals surface area contributed by atoms with E-state index in [4.69, 9.17) is 10.5 Å². The summed E-state index contributed by atoms with van der Waals surface area (Å²) in [6.45, 7) is 5.99. The number of nitrogens with zero attached hydrogens (tertiary/aromatic N) is 2. The van der Waals surface area contributed by atoms with E-state index in [1.165, 1.54) is 9.47 Å². The molecular weight excluding hydrogens is 490 g/mol. The number of esters is 1. The van der Waals surface area contributed by atoms with Crippen LogP contribution in [0.15, 0.2) is 33.9 Å². The van der Waals surface area contributed by atoms with Gasteiger partial charge in [0, 0.05) is 25.2 Å². The number of ether oxygens (including phenoxy) is 1. The van der Waals surface area contributed by atoms with Crippen molar-refractivity contribution in [2.45, 2.75) is 78.7 Å². The number of hydrogen-bond donors (Lipinski definition) is 3. The summed E-state index contributed by atoms with van der Waals surface area (Å²) in [4.78, 5) is 66.0. The molecule has 0 aliphatic heterocycles. The molecule has 0 unspecified atom stereocenters. The van der Waals surface area contributed by atoms with Crippen LogP contribution < -0.4 is 27.2 Å². The minimum atomic E-state index is -0.753. The highest BCUT2D eigenvalue weighted by Gasteiger charge is 2.24. The van der Waals surface area contributed by atoms with E-state index in [0.29, 0.717) is 25.1 Å². The number of carbonyl (C=O) groups is 3. The van der Waals surface area contributed by atoms with Gasteiger partial charge < -0.3 is 20.7 Å². The second kappa shape index (κ2) is 15.4. The van der Waals surface area contributed by atoms with Crippen molar-refractivity contribution in [2.75, 3.05) is 29.1 Å². The van der Waals surface area contributed by atoms with Crippen molar-refractivity contribution in [2.24, 2.45) is 0 Å². The molecule has 2 rings (SSSR count). The molecule has 1 heterocycles. The summed E-state index contributed by atoms with van der Waals surface area (Å²) in [6.07, 6.45) is 4.08. The molecule has 1 aromatic heterocycles. The average Bonchev–Trinajstić information content (AvgIpc) is 2.89. The lowest BCUT2D eigenvalue weighted by atomic mass is 10.1. The predicted octanol–water partition coefficient (Wildman–Crippen LogP) is 2.97. The van der Waals surface area contributed by atoms with Crippen LogP contribution in [0.25, 0.3) is 0 Å². The molecule has 38 heavy (non-hydrogen) atoms. The van der Waals surface area contributed by atoms with E-state index in [1.54, 1.807) is 6.07 Å². The van der Waals surface area contributed by atoms with Crippen LogP contribution in [0.3, 0.4) is 0 Å². The molecule has 0 fully saturated rings. The van der Waals surface area contributed by atoms with Gasteiger partial charge in [-0.3, -0.25) is 28.7 Å². The third-order valence-corrected chi connectivity index (χ3v) is 6.03. The van der Waals surface area contributed by atoms with Crippen LogP contribution in [0.1, 0.15) is 71.3 Å². The minimum Gasteiger partial charge on any atom is -0.456 e. The second-order valence-corrected chi connectivity index (χ2v) is 9.01. The summed E-state index contributed by atoms with van der Waals surface area (Å²) in [7, 11) is 0. The Morgan fingerprint density at radius 1 is 1.05 bits per heavy atom. The molecular formula is C27H39N5O6. The zero-order chi connectivity index (χ0) is 28.1. The number of aromatic amines is 1. The summed E-state index contributed by atoms with van der Waals surface area (Å²) < 4.78 is 6.29. The van der Waals surface area contributed by atoms with E-state index in [9.17, 15) is 24.0 Å². The van der Waals surface area contributed by atoms with Gasteiger partial charge in [0.2, 0.25) is 5.91 Å². The fourth-order valence-electron chi connectivity index (χ4n) is 3.89. The molecule has 1 aromatic carbocycles. The summed E-state index contributed by atoms with van der Waals surface area (Å²) >= 11 is 0. The fraction of sp³-hybridized carbons (Fsp3) is 0.519. The molecule has 0 spiro atoms. The number of aryl methyl sites for hydroxylation is 1. The quantitative estimate of drug-likeness (QED) is 0.236. The van der Waals surface area contributed by atoms with Crippen LogP contribution in [0, 0.1) is 0 Å². The number of hydrogen-bond acceptors (Lipinski definition) is 7. The third kappa shape index (κ3) is 8.89. The molecule has 0 bridgehead atoms. The van der Waals surface area contributed by atoms with Crippen LogP contribution in [-0.4, -0.2) is 40.5 Å². The normalized spacial score (nSPS) is 10.7. The lowest BCUT2D eigenvalue weighted by Crippen LogP contribution is -2.41. The van der Waals surface area contributed by atoms with E-state index in [2.05, 4.69) is 10.3 Å². The van der Waals surface area contributed by atoms with E-state index in [1.807, 2.05) is 39.0 Å². The molecule has 2 aromatic rings. The van der Waals surface area contributed by atoms with E-state index < -0.39 is 35.6 Å². The zero-order valence-electron chi connectivity index (χ0n) is 22.5. The first kappa shape index (κ1) is 30.3. The van der Waals surface area contributed by atoms with E-state index in [-0.39, 0.29) is 30.9 Å². The molecule has 0 saturated carbocycles. The van der Waals surface area contributed by atoms with Crippen molar-refractivity contribution in [3.05, 3.63) is 50.7 Å². The number of nitrogens with two attached hydrogens (primary N) is 1. The molecule has 0 radical (unpaired) electrons. The van der Waals surface area contributed by atoms with Gasteiger partial charge in [0.1, 0.15) is 5.82 Å². The first-order valence-corrected chi connectivity index (χ1v) is 13.2. The highest BCUT2D eigenvalue weighted by molar-refractivity contribution is 5.97. The highest BCUT2D eigenvalue weighted by Crippen LogP contribution is 2.20. The highest BCUT2D eigenvalue weighted by atomic mass is 16.5.